The second-order valence-electron chi connectivity index (χ2n) is 3.17. The van der Waals surface area contributed by atoms with E-state index in [2.05, 4.69) is 16.9 Å². The lowest BCUT2D eigenvalue weighted by molar-refractivity contribution is 0.895. The third-order valence-electron chi connectivity index (χ3n) is 2.15. The minimum atomic E-state index is 0.551. The fourth-order valence-electron chi connectivity index (χ4n) is 1.17. The molecule has 0 amide bonds. The van der Waals surface area contributed by atoms with Gasteiger partial charge in [-0.25, -0.2) is 4.98 Å². The van der Waals surface area contributed by atoms with Crippen LogP contribution in [-0.2, 0) is 6.54 Å². The molecule has 3 nitrogen and oxygen atoms in total. The standard InChI is InChI=1S/C8H13N3S/c1-11(7-2-3-7)8-10-6(4-9)5-12-8/h5,7H,2-4,9H2,1H3. The molecular weight excluding hydrogens is 170 g/mol. The summed E-state index contributed by atoms with van der Waals surface area (Å²) in [4.78, 5) is 6.66. The lowest BCUT2D eigenvalue weighted by Gasteiger charge is -2.13. The van der Waals surface area contributed by atoms with Gasteiger partial charge >= 0.3 is 0 Å². The van der Waals surface area contributed by atoms with E-state index in [4.69, 9.17) is 5.73 Å². The first-order valence-electron chi connectivity index (χ1n) is 4.18. The van der Waals surface area contributed by atoms with Crippen molar-refractivity contribution in [2.45, 2.75) is 25.4 Å². The fourth-order valence-corrected chi connectivity index (χ4v) is 2.05. The highest BCUT2D eigenvalue weighted by Gasteiger charge is 2.27. The van der Waals surface area contributed by atoms with Crippen molar-refractivity contribution in [1.29, 1.82) is 0 Å². The minimum Gasteiger partial charge on any atom is -0.348 e. The molecule has 0 radical (unpaired) electrons. The van der Waals surface area contributed by atoms with Crippen LogP contribution in [0.1, 0.15) is 18.5 Å². The third-order valence-corrected chi connectivity index (χ3v) is 3.13. The number of hydrogen-bond donors (Lipinski definition) is 1. The largest absolute Gasteiger partial charge is 0.348 e. The number of hydrogen-bond acceptors (Lipinski definition) is 4. The number of anilines is 1. The van der Waals surface area contributed by atoms with Crippen molar-refractivity contribution >= 4 is 16.5 Å². The van der Waals surface area contributed by atoms with Crippen LogP contribution in [0.15, 0.2) is 5.38 Å². The Morgan fingerprint density at radius 2 is 2.50 bits per heavy atom. The molecule has 1 saturated carbocycles. The Labute approximate surface area is 76.2 Å². The predicted octanol–water partition coefficient (Wildman–Crippen LogP) is 1.20. The van der Waals surface area contributed by atoms with E-state index in [0.717, 1.165) is 16.9 Å². The van der Waals surface area contributed by atoms with Gasteiger partial charge < -0.3 is 10.6 Å². The Morgan fingerprint density at radius 3 is 3.00 bits per heavy atom. The van der Waals surface area contributed by atoms with Gasteiger partial charge in [-0.05, 0) is 12.8 Å². The zero-order valence-corrected chi connectivity index (χ0v) is 7.97. The second kappa shape index (κ2) is 3.03. The summed E-state index contributed by atoms with van der Waals surface area (Å²) in [6, 6.07) is 0.738. The molecule has 12 heavy (non-hydrogen) atoms. The average molecular weight is 183 g/mol. The summed E-state index contributed by atoms with van der Waals surface area (Å²) in [7, 11) is 2.11. The molecule has 2 rings (SSSR count). The van der Waals surface area contributed by atoms with Gasteiger partial charge in [0.25, 0.3) is 0 Å². The summed E-state index contributed by atoms with van der Waals surface area (Å²) in [5, 5.41) is 3.15. The normalized spacial score (nSPS) is 16.5. The number of thiazole rings is 1. The number of aromatic nitrogens is 1. The summed E-state index contributed by atoms with van der Waals surface area (Å²) < 4.78 is 0. The van der Waals surface area contributed by atoms with Gasteiger partial charge in [-0.1, -0.05) is 0 Å². The van der Waals surface area contributed by atoms with E-state index < -0.39 is 0 Å². The molecule has 1 fully saturated rings. The Bertz CT molecular complexity index is 267. The van der Waals surface area contributed by atoms with Crippen molar-refractivity contribution < 1.29 is 0 Å². The smallest absolute Gasteiger partial charge is 0.185 e. The molecule has 66 valence electrons. The Morgan fingerprint density at radius 1 is 1.75 bits per heavy atom. The van der Waals surface area contributed by atoms with Crippen molar-refractivity contribution in [3.05, 3.63) is 11.1 Å². The maximum Gasteiger partial charge on any atom is 0.185 e. The molecular formula is C8H13N3S. The van der Waals surface area contributed by atoms with Crippen LogP contribution in [0.3, 0.4) is 0 Å². The molecule has 0 unspecified atom stereocenters. The molecule has 0 aromatic carbocycles. The third kappa shape index (κ3) is 1.44. The summed E-state index contributed by atoms with van der Waals surface area (Å²) in [6.07, 6.45) is 2.63. The number of nitrogens with two attached hydrogens (primary N) is 1. The van der Waals surface area contributed by atoms with E-state index in [1.165, 1.54) is 12.8 Å². The summed E-state index contributed by atoms with van der Waals surface area (Å²) in [6.45, 7) is 0.551. The maximum atomic E-state index is 5.48. The van der Waals surface area contributed by atoms with E-state index in [1.54, 1.807) is 11.3 Å². The van der Waals surface area contributed by atoms with Crippen LogP contribution < -0.4 is 10.6 Å². The van der Waals surface area contributed by atoms with Gasteiger partial charge in [-0.3, -0.25) is 0 Å². The molecule has 1 aromatic heterocycles. The molecule has 0 saturated heterocycles. The molecule has 1 heterocycles. The van der Waals surface area contributed by atoms with Crippen LogP contribution in [0.5, 0.6) is 0 Å². The van der Waals surface area contributed by atoms with Gasteiger partial charge in [0.15, 0.2) is 5.13 Å². The van der Waals surface area contributed by atoms with Gasteiger partial charge in [-0.2, -0.15) is 0 Å². The van der Waals surface area contributed by atoms with E-state index in [0.29, 0.717) is 6.54 Å². The first-order valence-corrected chi connectivity index (χ1v) is 5.06. The van der Waals surface area contributed by atoms with Crippen molar-refractivity contribution in [3.63, 3.8) is 0 Å². The monoisotopic (exact) mass is 183 g/mol. The highest BCUT2D eigenvalue weighted by molar-refractivity contribution is 7.13. The molecule has 2 N–H and O–H groups in total. The van der Waals surface area contributed by atoms with Gasteiger partial charge in [0.1, 0.15) is 0 Å². The van der Waals surface area contributed by atoms with E-state index in [1.807, 2.05) is 5.38 Å². The van der Waals surface area contributed by atoms with Crippen LogP contribution in [0, 0.1) is 0 Å². The first kappa shape index (κ1) is 8.01. The Kier molecular flexibility index (Phi) is 2.02. The van der Waals surface area contributed by atoms with E-state index >= 15 is 0 Å². The molecule has 0 aliphatic heterocycles. The summed E-state index contributed by atoms with van der Waals surface area (Å²) >= 11 is 1.69. The van der Waals surface area contributed by atoms with Crippen LogP contribution >= 0.6 is 11.3 Å². The molecule has 1 aliphatic carbocycles. The second-order valence-corrected chi connectivity index (χ2v) is 4.00. The highest BCUT2D eigenvalue weighted by atomic mass is 32.1. The van der Waals surface area contributed by atoms with Gasteiger partial charge in [0.2, 0.25) is 0 Å². The van der Waals surface area contributed by atoms with Crippen LogP contribution in [0.4, 0.5) is 5.13 Å². The quantitative estimate of drug-likeness (QED) is 0.765. The molecule has 1 aromatic rings. The van der Waals surface area contributed by atoms with E-state index in [-0.39, 0.29) is 0 Å². The van der Waals surface area contributed by atoms with Gasteiger partial charge in [0.05, 0.1) is 5.69 Å². The predicted molar refractivity (Wildman–Crippen MR) is 51.4 cm³/mol. The van der Waals surface area contributed by atoms with Gasteiger partial charge in [0, 0.05) is 25.0 Å². The zero-order valence-electron chi connectivity index (χ0n) is 7.16. The molecule has 1 aliphatic rings. The number of nitrogens with zero attached hydrogens (tertiary/aromatic N) is 2. The molecule has 0 atom stereocenters. The topological polar surface area (TPSA) is 42.2 Å². The van der Waals surface area contributed by atoms with Crippen LogP contribution in [0.25, 0.3) is 0 Å². The highest BCUT2D eigenvalue weighted by Crippen LogP contribution is 2.31. The average Bonchev–Trinajstić information content (AvgIpc) is 2.82. The van der Waals surface area contributed by atoms with Crippen molar-refractivity contribution in [2.75, 3.05) is 11.9 Å². The lowest BCUT2D eigenvalue weighted by Crippen LogP contribution is -2.19. The van der Waals surface area contributed by atoms with E-state index in [9.17, 15) is 0 Å². The molecule has 0 bridgehead atoms. The number of rotatable bonds is 3. The fraction of sp³-hybridized carbons (Fsp3) is 0.625. The SMILES string of the molecule is CN(c1nc(CN)cs1)C1CC1. The van der Waals surface area contributed by atoms with Gasteiger partial charge in [-0.15, -0.1) is 11.3 Å². The first-order chi connectivity index (χ1) is 5.81. The molecule has 4 heteroatoms. The van der Waals surface area contributed by atoms with Crippen molar-refractivity contribution in [1.82, 2.24) is 4.98 Å². The Balaban J connectivity index is 2.10. The summed E-state index contributed by atoms with van der Waals surface area (Å²) in [5.74, 6) is 0. The van der Waals surface area contributed by atoms with Crippen LogP contribution in [-0.4, -0.2) is 18.1 Å². The Hall–Kier alpha value is -0.610. The maximum absolute atomic E-state index is 5.48. The van der Waals surface area contributed by atoms with Crippen molar-refractivity contribution in [3.8, 4) is 0 Å². The lowest BCUT2D eigenvalue weighted by atomic mass is 10.5. The zero-order chi connectivity index (χ0) is 8.55. The molecule has 0 spiro atoms. The summed E-state index contributed by atoms with van der Waals surface area (Å²) in [5.41, 5.74) is 6.48. The minimum absolute atomic E-state index is 0.551. The van der Waals surface area contributed by atoms with Crippen LogP contribution in [0.2, 0.25) is 0 Å². The van der Waals surface area contributed by atoms with Crippen molar-refractivity contribution in [2.24, 2.45) is 5.73 Å².